The average Bonchev–Trinajstić information content (AvgIpc) is 2.97. The highest BCUT2D eigenvalue weighted by Crippen LogP contribution is 2.28. The van der Waals surface area contributed by atoms with Crippen LogP contribution < -0.4 is 14.4 Å². The molecule has 0 fully saturated rings. The predicted molar refractivity (Wildman–Crippen MR) is 170 cm³/mol. The highest BCUT2D eigenvalue weighted by molar-refractivity contribution is 7.98. The smallest absolute Gasteiger partial charge is 0.264 e. The first kappa shape index (κ1) is 33.3. The number of ether oxygens (including phenoxy) is 1. The molecular formula is C31H38ClN3O5S2. The monoisotopic (exact) mass is 631 g/mol. The van der Waals surface area contributed by atoms with Crippen LogP contribution in [0.4, 0.5) is 5.69 Å². The van der Waals surface area contributed by atoms with E-state index >= 15 is 0 Å². The second kappa shape index (κ2) is 15.3. The van der Waals surface area contributed by atoms with Gasteiger partial charge in [0.2, 0.25) is 11.8 Å². The number of amides is 2. The Balaban J connectivity index is 2.08. The van der Waals surface area contributed by atoms with Crippen molar-refractivity contribution in [3.8, 4) is 5.75 Å². The zero-order chi connectivity index (χ0) is 30.9. The molecule has 0 aromatic heterocycles. The molecule has 1 N–H and O–H groups in total. The third-order valence-corrected chi connectivity index (χ3v) is 9.38. The van der Waals surface area contributed by atoms with Crippen molar-refractivity contribution in [1.29, 1.82) is 0 Å². The summed E-state index contributed by atoms with van der Waals surface area (Å²) in [6, 6.07) is 19.1. The van der Waals surface area contributed by atoms with Gasteiger partial charge in [0.05, 0.1) is 17.2 Å². The van der Waals surface area contributed by atoms with Crippen molar-refractivity contribution in [2.75, 3.05) is 23.7 Å². The molecule has 0 aliphatic heterocycles. The zero-order valence-corrected chi connectivity index (χ0v) is 26.9. The van der Waals surface area contributed by atoms with Gasteiger partial charge >= 0.3 is 0 Å². The summed E-state index contributed by atoms with van der Waals surface area (Å²) in [5, 5.41) is 3.33. The summed E-state index contributed by atoms with van der Waals surface area (Å²) < 4.78 is 34.7. The van der Waals surface area contributed by atoms with Gasteiger partial charge in [0, 0.05) is 22.5 Å². The topological polar surface area (TPSA) is 96.0 Å². The summed E-state index contributed by atoms with van der Waals surface area (Å²) in [4.78, 5) is 29.8. The molecule has 0 spiro atoms. The van der Waals surface area contributed by atoms with E-state index < -0.39 is 28.5 Å². The van der Waals surface area contributed by atoms with E-state index in [0.717, 1.165) is 9.20 Å². The summed E-state index contributed by atoms with van der Waals surface area (Å²) in [6.07, 6.45) is 2.22. The van der Waals surface area contributed by atoms with Gasteiger partial charge in [0.25, 0.3) is 10.0 Å². The molecule has 0 radical (unpaired) electrons. The van der Waals surface area contributed by atoms with Crippen LogP contribution >= 0.6 is 23.4 Å². The fourth-order valence-electron chi connectivity index (χ4n) is 4.39. The molecule has 1 atom stereocenters. The van der Waals surface area contributed by atoms with Gasteiger partial charge in [0.1, 0.15) is 18.3 Å². The maximum Gasteiger partial charge on any atom is 0.264 e. The molecule has 3 aromatic rings. The summed E-state index contributed by atoms with van der Waals surface area (Å²) in [5.41, 5.74) is 0.935. The number of rotatable bonds is 14. The highest BCUT2D eigenvalue weighted by Gasteiger charge is 2.34. The van der Waals surface area contributed by atoms with Crippen molar-refractivity contribution in [3.63, 3.8) is 0 Å². The van der Waals surface area contributed by atoms with Crippen LogP contribution in [0.25, 0.3) is 0 Å². The van der Waals surface area contributed by atoms with Crippen LogP contribution in [0.2, 0.25) is 5.02 Å². The molecule has 8 nitrogen and oxygen atoms in total. The summed E-state index contributed by atoms with van der Waals surface area (Å²) >= 11 is 7.94. The standard InChI is InChI=1S/C31H38ClN3O5S2/c1-6-29(31(37)33-22(3)4)34(20-23-10-8-9-11-28(23)32)30(36)21-35(24-12-14-25(15-13-24)40-7-2)42(38,39)27-18-16-26(41-5)17-19-27/h8-19,22,29H,6-7,20-21H2,1-5H3,(H,33,37)/t29-/m0/s1. The number of benzene rings is 3. The zero-order valence-electron chi connectivity index (χ0n) is 24.5. The Labute approximate surface area is 258 Å². The van der Waals surface area contributed by atoms with Crippen LogP contribution in [0.5, 0.6) is 5.75 Å². The van der Waals surface area contributed by atoms with Crippen LogP contribution in [-0.2, 0) is 26.2 Å². The Morgan fingerprint density at radius 3 is 2.17 bits per heavy atom. The molecule has 2 amide bonds. The summed E-state index contributed by atoms with van der Waals surface area (Å²) in [5.74, 6) is -0.291. The second-order valence-corrected chi connectivity index (χ2v) is 13.0. The van der Waals surface area contributed by atoms with Gasteiger partial charge in [-0.05, 0) is 93.6 Å². The lowest BCUT2D eigenvalue weighted by Crippen LogP contribution is -2.53. The first-order chi connectivity index (χ1) is 20.0. The van der Waals surface area contributed by atoms with E-state index in [1.54, 1.807) is 60.7 Å². The van der Waals surface area contributed by atoms with Crippen molar-refractivity contribution in [3.05, 3.63) is 83.4 Å². The first-order valence-corrected chi connectivity index (χ1v) is 16.8. The van der Waals surface area contributed by atoms with Gasteiger partial charge in [-0.3, -0.25) is 13.9 Å². The molecule has 0 heterocycles. The maximum atomic E-state index is 14.1. The molecule has 226 valence electrons. The number of carbonyl (C=O) groups excluding carboxylic acids is 2. The minimum atomic E-state index is -4.18. The molecule has 0 aliphatic rings. The minimum Gasteiger partial charge on any atom is -0.494 e. The van der Waals surface area contributed by atoms with Crippen LogP contribution in [0.15, 0.2) is 82.6 Å². The van der Waals surface area contributed by atoms with E-state index in [2.05, 4.69) is 5.32 Å². The molecular weight excluding hydrogens is 594 g/mol. The van der Waals surface area contributed by atoms with Gasteiger partial charge in [-0.15, -0.1) is 11.8 Å². The summed E-state index contributed by atoms with van der Waals surface area (Å²) in [6.45, 7) is 7.30. The van der Waals surface area contributed by atoms with E-state index in [9.17, 15) is 18.0 Å². The lowest BCUT2D eigenvalue weighted by atomic mass is 10.1. The van der Waals surface area contributed by atoms with Gasteiger partial charge in [-0.25, -0.2) is 8.42 Å². The average molecular weight is 632 g/mol. The minimum absolute atomic E-state index is 0.0299. The van der Waals surface area contributed by atoms with E-state index in [4.69, 9.17) is 16.3 Å². The quantitative estimate of drug-likeness (QED) is 0.220. The Morgan fingerprint density at radius 2 is 1.62 bits per heavy atom. The van der Waals surface area contributed by atoms with Crippen molar-refractivity contribution in [2.24, 2.45) is 0 Å². The molecule has 0 unspecified atom stereocenters. The molecule has 0 aliphatic carbocycles. The fourth-order valence-corrected chi connectivity index (χ4v) is 6.41. The molecule has 0 saturated carbocycles. The van der Waals surface area contributed by atoms with Gasteiger partial charge in [-0.1, -0.05) is 36.7 Å². The Bertz CT molecular complexity index is 1450. The first-order valence-electron chi connectivity index (χ1n) is 13.7. The number of carbonyl (C=O) groups is 2. The van der Waals surface area contributed by atoms with E-state index in [1.807, 2.05) is 34.0 Å². The lowest BCUT2D eigenvalue weighted by molar-refractivity contribution is -0.140. The van der Waals surface area contributed by atoms with Crippen molar-refractivity contribution in [1.82, 2.24) is 10.2 Å². The maximum absolute atomic E-state index is 14.1. The number of nitrogens with zero attached hydrogens (tertiary/aromatic N) is 2. The molecule has 0 bridgehead atoms. The third kappa shape index (κ3) is 8.42. The fraction of sp³-hybridized carbons (Fsp3) is 0.355. The van der Waals surface area contributed by atoms with Gasteiger partial charge in [0.15, 0.2) is 0 Å². The number of sulfonamides is 1. The molecule has 42 heavy (non-hydrogen) atoms. The van der Waals surface area contributed by atoms with Crippen LogP contribution in [0, 0.1) is 0 Å². The molecule has 0 saturated heterocycles. The third-order valence-electron chi connectivity index (χ3n) is 6.48. The van der Waals surface area contributed by atoms with E-state index in [0.29, 0.717) is 29.4 Å². The van der Waals surface area contributed by atoms with Crippen molar-refractivity contribution < 1.29 is 22.7 Å². The predicted octanol–water partition coefficient (Wildman–Crippen LogP) is 5.99. The lowest BCUT2D eigenvalue weighted by Gasteiger charge is -2.33. The number of thioether (sulfide) groups is 1. The van der Waals surface area contributed by atoms with Gasteiger partial charge in [-0.2, -0.15) is 0 Å². The highest BCUT2D eigenvalue weighted by atomic mass is 35.5. The molecule has 11 heteroatoms. The largest absolute Gasteiger partial charge is 0.494 e. The number of nitrogens with one attached hydrogen (secondary N) is 1. The van der Waals surface area contributed by atoms with Crippen molar-refractivity contribution in [2.45, 2.75) is 62.5 Å². The van der Waals surface area contributed by atoms with Crippen LogP contribution in [0.1, 0.15) is 39.7 Å². The van der Waals surface area contributed by atoms with Crippen LogP contribution in [0.3, 0.4) is 0 Å². The Kier molecular flexibility index (Phi) is 12.1. The second-order valence-electron chi connectivity index (χ2n) is 9.81. The van der Waals surface area contributed by atoms with Gasteiger partial charge < -0.3 is 15.0 Å². The Morgan fingerprint density at radius 1 is 0.976 bits per heavy atom. The number of hydrogen-bond donors (Lipinski definition) is 1. The van der Waals surface area contributed by atoms with E-state index in [1.165, 1.54) is 28.8 Å². The van der Waals surface area contributed by atoms with Crippen LogP contribution in [-0.4, -0.2) is 56.6 Å². The number of anilines is 1. The summed E-state index contributed by atoms with van der Waals surface area (Å²) in [7, 11) is -4.18. The van der Waals surface area contributed by atoms with E-state index in [-0.39, 0.29) is 29.1 Å². The normalized spacial score (nSPS) is 12.1. The van der Waals surface area contributed by atoms with Crippen molar-refractivity contribution >= 4 is 50.9 Å². The molecule has 3 aromatic carbocycles. The number of halogens is 1. The molecule has 3 rings (SSSR count). The SMILES string of the molecule is CCOc1ccc(N(CC(=O)N(Cc2ccccc2Cl)[C@@H](CC)C(=O)NC(C)C)S(=O)(=O)c2ccc(SC)cc2)cc1. The number of hydrogen-bond acceptors (Lipinski definition) is 6. The Hall–Kier alpha value is -3.21.